The van der Waals surface area contributed by atoms with Gasteiger partial charge < -0.3 is 19.6 Å². The molecule has 1 saturated heterocycles. The Morgan fingerprint density at radius 1 is 1.35 bits per heavy atom. The van der Waals surface area contributed by atoms with E-state index in [1.165, 1.54) is 0 Å². The number of aliphatic hydroxyl groups excluding tert-OH is 1. The number of ether oxygens (including phenoxy) is 1. The van der Waals surface area contributed by atoms with Crippen molar-refractivity contribution in [2.45, 2.75) is 13.0 Å². The Labute approximate surface area is 119 Å². The molecule has 0 radical (unpaired) electrons. The van der Waals surface area contributed by atoms with Gasteiger partial charge >= 0.3 is 0 Å². The third-order valence-corrected chi connectivity index (χ3v) is 3.77. The van der Waals surface area contributed by atoms with E-state index in [4.69, 9.17) is 4.74 Å². The fourth-order valence-corrected chi connectivity index (χ4v) is 2.41. The maximum Gasteiger partial charge on any atom is 0.256 e. The summed E-state index contributed by atoms with van der Waals surface area (Å²) in [5.41, 5.74) is 0.576. The second kappa shape index (κ2) is 6.72. The van der Waals surface area contributed by atoms with Gasteiger partial charge in [0.1, 0.15) is 5.75 Å². The summed E-state index contributed by atoms with van der Waals surface area (Å²) in [4.78, 5) is 16.3. The quantitative estimate of drug-likeness (QED) is 0.889. The number of carbonyl (C=O) groups excluding carboxylic acids is 1. The highest BCUT2D eigenvalue weighted by Crippen LogP contribution is 2.21. The predicted molar refractivity (Wildman–Crippen MR) is 76.6 cm³/mol. The Kier molecular flexibility index (Phi) is 4.98. The van der Waals surface area contributed by atoms with E-state index in [0.717, 1.165) is 19.6 Å². The summed E-state index contributed by atoms with van der Waals surface area (Å²) in [6, 6.07) is 7.01. The molecule has 1 amide bonds. The van der Waals surface area contributed by atoms with Crippen LogP contribution in [0.3, 0.4) is 0 Å². The molecule has 1 aromatic rings. The van der Waals surface area contributed by atoms with Gasteiger partial charge in [-0.15, -0.1) is 0 Å². The summed E-state index contributed by atoms with van der Waals surface area (Å²) < 4.78 is 5.12. The largest absolute Gasteiger partial charge is 0.497 e. The van der Waals surface area contributed by atoms with Crippen LogP contribution < -0.4 is 4.74 Å². The first-order valence-electron chi connectivity index (χ1n) is 6.99. The number of rotatable bonds is 4. The third kappa shape index (κ3) is 3.29. The summed E-state index contributed by atoms with van der Waals surface area (Å²) in [5, 5.41) is 10.2. The van der Waals surface area contributed by atoms with Gasteiger partial charge in [0.15, 0.2) is 6.10 Å². The number of hydrogen-bond donors (Lipinski definition) is 1. The summed E-state index contributed by atoms with van der Waals surface area (Å²) in [6.45, 7) is 6.20. The first kappa shape index (κ1) is 14.8. The Morgan fingerprint density at radius 2 is 2.05 bits per heavy atom. The molecule has 0 saturated carbocycles. The molecular formula is C15H22N2O3. The van der Waals surface area contributed by atoms with Crippen molar-refractivity contribution < 1.29 is 14.6 Å². The molecule has 2 rings (SSSR count). The van der Waals surface area contributed by atoms with Crippen LogP contribution >= 0.6 is 0 Å². The average Bonchev–Trinajstić information content (AvgIpc) is 2.53. The highest BCUT2D eigenvalue weighted by atomic mass is 16.5. The minimum absolute atomic E-state index is 0.228. The Morgan fingerprint density at radius 3 is 2.65 bits per heavy atom. The number of benzene rings is 1. The molecule has 1 atom stereocenters. The molecule has 1 heterocycles. The maximum atomic E-state index is 12.3. The Bertz CT molecular complexity index is 456. The van der Waals surface area contributed by atoms with E-state index in [9.17, 15) is 9.90 Å². The summed E-state index contributed by atoms with van der Waals surface area (Å²) >= 11 is 0. The molecule has 0 bridgehead atoms. The lowest BCUT2D eigenvalue weighted by Crippen LogP contribution is -2.49. The molecule has 5 heteroatoms. The molecule has 0 aromatic heterocycles. The second-order valence-corrected chi connectivity index (χ2v) is 4.94. The number of methoxy groups -OCH3 is 1. The van der Waals surface area contributed by atoms with Gasteiger partial charge in [0.25, 0.3) is 5.91 Å². The molecule has 1 N–H and O–H groups in total. The van der Waals surface area contributed by atoms with Gasteiger partial charge in [-0.1, -0.05) is 19.1 Å². The lowest BCUT2D eigenvalue weighted by molar-refractivity contribution is -0.142. The Balaban J connectivity index is 2.01. The number of amides is 1. The number of carbonyl (C=O) groups is 1. The van der Waals surface area contributed by atoms with Crippen molar-refractivity contribution in [3.05, 3.63) is 29.8 Å². The minimum Gasteiger partial charge on any atom is -0.497 e. The standard InChI is InChI=1S/C15H22N2O3/c1-3-16-7-9-17(10-8-16)15(19)14(18)12-5-4-6-13(11-12)20-2/h4-6,11,14,18H,3,7-10H2,1-2H3. The highest BCUT2D eigenvalue weighted by molar-refractivity contribution is 5.82. The van der Waals surface area contributed by atoms with Gasteiger partial charge in [-0.2, -0.15) is 0 Å². The summed E-state index contributed by atoms with van der Waals surface area (Å²) in [6.07, 6.45) is -1.11. The monoisotopic (exact) mass is 278 g/mol. The first-order chi connectivity index (χ1) is 9.65. The van der Waals surface area contributed by atoms with E-state index >= 15 is 0 Å². The number of piperazine rings is 1. The van der Waals surface area contributed by atoms with Crippen LogP contribution in [-0.2, 0) is 4.79 Å². The fourth-order valence-electron chi connectivity index (χ4n) is 2.41. The maximum absolute atomic E-state index is 12.3. The van der Waals surface area contributed by atoms with E-state index in [0.29, 0.717) is 24.4 Å². The van der Waals surface area contributed by atoms with Crippen LogP contribution in [0.4, 0.5) is 0 Å². The van der Waals surface area contributed by atoms with E-state index in [2.05, 4.69) is 11.8 Å². The number of likely N-dealkylation sites (N-methyl/N-ethyl adjacent to an activating group) is 1. The van der Waals surface area contributed by atoms with Crippen molar-refractivity contribution in [3.63, 3.8) is 0 Å². The molecule has 1 aliphatic heterocycles. The van der Waals surface area contributed by atoms with Gasteiger partial charge in [-0.25, -0.2) is 0 Å². The third-order valence-electron chi connectivity index (χ3n) is 3.77. The molecule has 5 nitrogen and oxygen atoms in total. The molecule has 0 aliphatic carbocycles. The minimum atomic E-state index is -1.11. The zero-order valence-electron chi connectivity index (χ0n) is 12.1. The molecule has 110 valence electrons. The molecule has 1 fully saturated rings. The topological polar surface area (TPSA) is 53.0 Å². The number of nitrogens with zero attached hydrogens (tertiary/aromatic N) is 2. The van der Waals surface area contributed by atoms with Crippen LogP contribution in [0, 0.1) is 0 Å². The van der Waals surface area contributed by atoms with Gasteiger partial charge in [0.2, 0.25) is 0 Å². The zero-order chi connectivity index (χ0) is 14.5. The number of aliphatic hydroxyl groups is 1. The van der Waals surface area contributed by atoms with E-state index in [-0.39, 0.29) is 5.91 Å². The zero-order valence-corrected chi connectivity index (χ0v) is 12.1. The normalized spacial score (nSPS) is 17.9. The molecule has 1 unspecified atom stereocenters. The smallest absolute Gasteiger partial charge is 0.256 e. The summed E-state index contributed by atoms with van der Waals surface area (Å²) in [7, 11) is 1.57. The van der Waals surface area contributed by atoms with Crippen LogP contribution in [0.25, 0.3) is 0 Å². The first-order valence-corrected chi connectivity index (χ1v) is 6.99. The molecule has 20 heavy (non-hydrogen) atoms. The Hall–Kier alpha value is -1.59. The van der Waals surface area contributed by atoms with Crippen molar-refractivity contribution in [2.24, 2.45) is 0 Å². The van der Waals surface area contributed by atoms with Gasteiger partial charge in [0, 0.05) is 26.2 Å². The van der Waals surface area contributed by atoms with Crippen LogP contribution in [0.15, 0.2) is 24.3 Å². The van der Waals surface area contributed by atoms with Crippen LogP contribution in [0.2, 0.25) is 0 Å². The lowest BCUT2D eigenvalue weighted by atomic mass is 10.1. The van der Waals surface area contributed by atoms with E-state index < -0.39 is 6.10 Å². The summed E-state index contributed by atoms with van der Waals surface area (Å²) in [5.74, 6) is 0.416. The van der Waals surface area contributed by atoms with E-state index in [1.807, 2.05) is 0 Å². The molecule has 1 aromatic carbocycles. The van der Waals surface area contributed by atoms with Crippen LogP contribution in [0.5, 0.6) is 5.75 Å². The van der Waals surface area contributed by atoms with Gasteiger partial charge in [-0.3, -0.25) is 4.79 Å². The van der Waals surface area contributed by atoms with Gasteiger partial charge in [-0.05, 0) is 24.2 Å². The fraction of sp³-hybridized carbons (Fsp3) is 0.533. The van der Waals surface area contributed by atoms with Crippen molar-refractivity contribution in [2.75, 3.05) is 39.8 Å². The number of hydrogen-bond acceptors (Lipinski definition) is 4. The lowest BCUT2D eigenvalue weighted by Gasteiger charge is -2.35. The molecule has 1 aliphatic rings. The van der Waals surface area contributed by atoms with Crippen molar-refractivity contribution in [3.8, 4) is 5.75 Å². The van der Waals surface area contributed by atoms with Crippen LogP contribution in [-0.4, -0.2) is 60.6 Å². The SMILES string of the molecule is CCN1CCN(C(=O)C(O)c2cccc(OC)c2)CC1. The molecular weight excluding hydrogens is 256 g/mol. The predicted octanol–water partition coefficient (Wildman–Crippen LogP) is 0.893. The second-order valence-electron chi connectivity index (χ2n) is 4.94. The van der Waals surface area contributed by atoms with Gasteiger partial charge in [0.05, 0.1) is 7.11 Å². The van der Waals surface area contributed by atoms with Crippen molar-refractivity contribution >= 4 is 5.91 Å². The average molecular weight is 278 g/mol. The highest BCUT2D eigenvalue weighted by Gasteiger charge is 2.26. The van der Waals surface area contributed by atoms with E-state index in [1.54, 1.807) is 36.3 Å². The van der Waals surface area contributed by atoms with Crippen molar-refractivity contribution in [1.82, 2.24) is 9.80 Å². The molecule has 0 spiro atoms. The van der Waals surface area contributed by atoms with Crippen LogP contribution in [0.1, 0.15) is 18.6 Å². The van der Waals surface area contributed by atoms with Crippen molar-refractivity contribution in [1.29, 1.82) is 0 Å².